The number of carbonyl (C=O) groups excluding carboxylic acids is 3. The summed E-state index contributed by atoms with van der Waals surface area (Å²) < 4.78 is 16.7. The maximum absolute atomic E-state index is 12.7. The van der Waals surface area contributed by atoms with Crippen LogP contribution in [0.5, 0.6) is 0 Å². The fourth-order valence-electron chi connectivity index (χ4n) is 7.07. The molecule has 0 aliphatic heterocycles. The minimum Gasteiger partial charge on any atom is -0.462 e. The van der Waals surface area contributed by atoms with Crippen molar-refractivity contribution >= 4 is 17.9 Å². The normalized spacial score (nSPS) is 12.6. The number of allylic oxidation sites excluding steroid dienone is 12. The van der Waals surface area contributed by atoms with Crippen LogP contribution >= 0.6 is 0 Å². The van der Waals surface area contributed by atoms with Gasteiger partial charge in [0.1, 0.15) is 13.2 Å². The number of hydrogen-bond acceptors (Lipinski definition) is 6. The number of ether oxygens (including phenoxy) is 3. The molecule has 0 aromatic carbocycles. The number of hydrogen-bond donors (Lipinski definition) is 0. The van der Waals surface area contributed by atoms with Crippen molar-refractivity contribution in [3.8, 4) is 0 Å². The van der Waals surface area contributed by atoms with Gasteiger partial charge in [-0.1, -0.05) is 222 Å². The number of rotatable bonds is 46. The highest BCUT2D eigenvalue weighted by atomic mass is 16.6. The molecule has 0 aliphatic rings. The van der Waals surface area contributed by atoms with E-state index in [0.29, 0.717) is 19.3 Å². The second-order valence-electron chi connectivity index (χ2n) is 17.1. The molecule has 0 aromatic rings. The standard InChI is InChI=1S/C56H96O6/c1-4-7-10-13-16-19-22-24-26-28-29-31-32-34-37-40-43-46-49-55(58)61-52-53(51-60-54(57)48-45-42-39-36-21-18-15-12-9-6-3)62-56(59)50-47-44-41-38-35-33-30-27-25-23-20-17-14-11-8-5-2/h8,11,17,20,25,27,29,31,33,35,41,44,53H,4-7,9-10,12-16,18-19,21-24,26,28,30,32,34,36-40,42-43,45-52H2,1-3H3/b11-8-,20-17-,27-25-,31-29-,35-33-,44-41-. The molecule has 6 nitrogen and oxygen atoms in total. The van der Waals surface area contributed by atoms with E-state index in [1.807, 2.05) is 12.2 Å². The lowest BCUT2D eigenvalue weighted by Gasteiger charge is -2.18. The SMILES string of the molecule is CC/C=C\C/C=C\C/C=C\C/C=C\C/C=C\CCC(=O)OC(COC(=O)CCCCCCC/C=C\CCCCCCCCCCC)COC(=O)CCCCCCCCCCCC. The van der Waals surface area contributed by atoms with Crippen LogP contribution in [0.25, 0.3) is 0 Å². The van der Waals surface area contributed by atoms with Crippen LogP contribution in [-0.2, 0) is 28.6 Å². The molecule has 6 heteroatoms. The van der Waals surface area contributed by atoms with Gasteiger partial charge in [-0.3, -0.25) is 14.4 Å². The molecule has 0 bridgehead atoms. The van der Waals surface area contributed by atoms with E-state index in [1.165, 1.54) is 122 Å². The van der Waals surface area contributed by atoms with E-state index in [4.69, 9.17) is 14.2 Å². The van der Waals surface area contributed by atoms with E-state index in [1.54, 1.807) is 0 Å². The molecule has 0 saturated heterocycles. The van der Waals surface area contributed by atoms with E-state index in [9.17, 15) is 14.4 Å². The lowest BCUT2D eigenvalue weighted by molar-refractivity contribution is -0.166. The molecule has 0 heterocycles. The first-order chi connectivity index (χ1) is 30.5. The van der Waals surface area contributed by atoms with Crippen LogP contribution in [0.15, 0.2) is 72.9 Å². The number of carbonyl (C=O) groups is 3. The first kappa shape index (κ1) is 58.9. The molecule has 356 valence electrons. The molecule has 0 aromatic heterocycles. The first-order valence-electron chi connectivity index (χ1n) is 25.9. The predicted octanol–water partition coefficient (Wildman–Crippen LogP) is 17.0. The third kappa shape index (κ3) is 47.9. The van der Waals surface area contributed by atoms with Gasteiger partial charge in [0.25, 0.3) is 0 Å². The highest BCUT2D eigenvalue weighted by molar-refractivity contribution is 5.71. The van der Waals surface area contributed by atoms with Gasteiger partial charge in [-0.2, -0.15) is 0 Å². The highest BCUT2D eigenvalue weighted by Crippen LogP contribution is 2.14. The molecule has 0 radical (unpaired) electrons. The lowest BCUT2D eigenvalue weighted by atomic mass is 10.1. The first-order valence-corrected chi connectivity index (χ1v) is 25.9. The third-order valence-corrected chi connectivity index (χ3v) is 11.0. The number of unbranched alkanes of at least 4 members (excludes halogenated alkanes) is 23. The molecule has 0 saturated carbocycles. The Hall–Kier alpha value is -3.15. The Morgan fingerprint density at radius 1 is 0.339 bits per heavy atom. The Labute approximate surface area is 382 Å². The maximum atomic E-state index is 12.7. The van der Waals surface area contributed by atoms with Crippen molar-refractivity contribution in [2.24, 2.45) is 0 Å². The Kier molecular flexibility index (Phi) is 47.9. The molecular weight excluding hydrogens is 769 g/mol. The summed E-state index contributed by atoms with van der Waals surface area (Å²) in [5.41, 5.74) is 0. The van der Waals surface area contributed by atoms with Gasteiger partial charge in [-0.05, 0) is 77.0 Å². The summed E-state index contributed by atoms with van der Waals surface area (Å²) in [4.78, 5) is 37.9. The fraction of sp³-hybridized carbons (Fsp3) is 0.732. The van der Waals surface area contributed by atoms with E-state index in [0.717, 1.165) is 77.0 Å². The van der Waals surface area contributed by atoms with Crippen molar-refractivity contribution in [2.45, 2.75) is 252 Å². The summed E-state index contributed by atoms with van der Waals surface area (Å²) in [7, 11) is 0. The van der Waals surface area contributed by atoms with Crippen molar-refractivity contribution in [2.75, 3.05) is 13.2 Å². The quantitative estimate of drug-likeness (QED) is 0.0262. The van der Waals surface area contributed by atoms with Gasteiger partial charge in [0.05, 0.1) is 0 Å². The zero-order chi connectivity index (χ0) is 45.1. The minimum absolute atomic E-state index is 0.106. The third-order valence-electron chi connectivity index (χ3n) is 11.0. The second-order valence-corrected chi connectivity index (χ2v) is 17.1. The summed E-state index contributed by atoms with van der Waals surface area (Å²) in [5, 5.41) is 0. The van der Waals surface area contributed by atoms with Gasteiger partial charge < -0.3 is 14.2 Å². The van der Waals surface area contributed by atoms with Crippen LogP contribution in [0, 0.1) is 0 Å². The van der Waals surface area contributed by atoms with Crippen LogP contribution in [-0.4, -0.2) is 37.2 Å². The summed E-state index contributed by atoms with van der Waals surface area (Å²) in [6.07, 6.45) is 63.3. The van der Waals surface area contributed by atoms with E-state index in [2.05, 4.69) is 81.5 Å². The molecule has 0 spiro atoms. The summed E-state index contributed by atoms with van der Waals surface area (Å²) in [5.74, 6) is -0.998. The van der Waals surface area contributed by atoms with Crippen molar-refractivity contribution in [3.05, 3.63) is 72.9 Å². The summed E-state index contributed by atoms with van der Waals surface area (Å²) in [6.45, 7) is 6.44. The highest BCUT2D eigenvalue weighted by Gasteiger charge is 2.19. The number of esters is 3. The van der Waals surface area contributed by atoms with Gasteiger partial charge in [0.2, 0.25) is 0 Å². The Bertz CT molecular complexity index is 1180. The van der Waals surface area contributed by atoms with Crippen molar-refractivity contribution in [1.29, 1.82) is 0 Å². The minimum atomic E-state index is -0.815. The van der Waals surface area contributed by atoms with E-state index in [-0.39, 0.29) is 31.6 Å². The largest absolute Gasteiger partial charge is 0.462 e. The Morgan fingerprint density at radius 3 is 1.05 bits per heavy atom. The fourth-order valence-corrected chi connectivity index (χ4v) is 7.07. The molecule has 1 unspecified atom stereocenters. The molecule has 62 heavy (non-hydrogen) atoms. The molecule has 0 amide bonds. The molecule has 0 N–H and O–H groups in total. The van der Waals surface area contributed by atoms with Gasteiger partial charge in [0, 0.05) is 19.3 Å². The predicted molar refractivity (Wildman–Crippen MR) is 265 cm³/mol. The summed E-state index contributed by atoms with van der Waals surface area (Å²) in [6, 6.07) is 0. The van der Waals surface area contributed by atoms with Crippen LogP contribution in [0.3, 0.4) is 0 Å². The van der Waals surface area contributed by atoms with Crippen molar-refractivity contribution in [3.63, 3.8) is 0 Å². The smallest absolute Gasteiger partial charge is 0.306 e. The molecule has 1 atom stereocenters. The Balaban J connectivity index is 4.45. The molecular formula is C56H96O6. The maximum Gasteiger partial charge on any atom is 0.306 e. The van der Waals surface area contributed by atoms with Crippen molar-refractivity contribution in [1.82, 2.24) is 0 Å². The van der Waals surface area contributed by atoms with Crippen LogP contribution < -0.4 is 0 Å². The molecule has 0 rings (SSSR count). The van der Waals surface area contributed by atoms with Gasteiger partial charge in [0.15, 0.2) is 6.10 Å². The van der Waals surface area contributed by atoms with Crippen LogP contribution in [0.1, 0.15) is 245 Å². The molecule has 0 fully saturated rings. The summed E-state index contributed by atoms with van der Waals surface area (Å²) >= 11 is 0. The average molecular weight is 865 g/mol. The van der Waals surface area contributed by atoms with Gasteiger partial charge >= 0.3 is 17.9 Å². The van der Waals surface area contributed by atoms with E-state index < -0.39 is 12.1 Å². The van der Waals surface area contributed by atoms with Crippen LogP contribution in [0.4, 0.5) is 0 Å². The Morgan fingerprint density at radius 2 is 0.661 bits per heavy atom. The second kappa shape index (κ2) is 50.5. The molecule has 0 aliphatic carbocycles. The zero-order valence-electron chi connectivity index (χ0n) is 40.6. The van der Waals surface area contributed by atoms with Crippen LogP contribution in [0.2, 0.25) is 0 Å². The monoisotopic (exact) mass is 865 g/mol. The van der Waals surface area contributed by atoms with Gasteiger partial charge in [-0.15, -0.1) is 0 Å². The topological polar surface area (TPSA) is 78.9 Å². The van der Waals surface area contributed by atoms with E-state index >= 15 is 0 Å². The zero-order valence-corrected chi connectivity index (χ0v) is 40.6. The lowest BCUT2D eigenvalue weighted by Crippen LogP contribution is -2.30. The van der Waals surface area contributed by atoms with Crippen molar-refractivity contribution < 1.29 is 28.6 Å². The van der Waals surface area contributed by atoms with Gasteiger partial charge in [-0.25, -0.2) is 0 Å². The average Bonchev–Trinajstić information content (AvgIpc) is 3.27.